The number of hydrogen-bond donors (Lipinski definition) is 1. The minimum absolute atomic E-state index is 0.106. The van der Waals surface area contributed by atoms with Gasteiger partial charge in [0.05, 0.1) is 11.7 Å². The first-order valence-corrected chi connectivity index (χ1v) is 18.5. The van der Waals surface area contributed by atoms with E-state index in [9.17, 15) is 5.11 Å². The van der Waals surface area contributed by atoms with Crippen molar-refractivity contribution in [3.05, 3.63) is 0 Å². The Hall–Kier alpha value is -0.126. The zero-order chi connectivity index (χ0) is 24.3. The van der Waals surface area contributed by atoms with Gasteiger partial charge in [-0.2, -0.15) is 0 Å². The fraction of sp³-hybridized carbons (Fsp3) is 0.923. The molecule has 31 heavy (non-hydrogen) atoms. The monoisotopic (exact) mass is 466 g/mol. The highest BCUT2D eigenvalue weighted by molar-refractivity contribution is 6.74. The molecule has 0 spiro atoms. The van der Waals surface area contributed by atoms with Crippen LogP contribution < -0.4 is 0 Å². The number of fused-ring (bicyclic) bond motifs is 1. The van der Waals surface area contributed by atoms with Crippen LogP contribution in [-0.4, -0.2) is 40.1 Å². The Bertz CT molecular complexity index is 712. The molecule has 2 aliphatic carbocycles. The van der Waals surface area contributed by atoms with Crippen molar-refractivity contribution in [2.75, 3.05) is 6.61 Å². The van der Waals surface area contributed by atoms with Crippen LogP contribution in [0.4, 0.5) is 0 Å². The molecule has 180 valence electrons. The fourth-order valence-corrected chi connectivity index (χ4v) is 9.57. The van der Waals surface area contributed by atoms with Crippen molar-refractivity contribution in [3.8, 4) is 12.3 Å². The highest BCUT2D eigenvalue weighted by atomic mass is 28.4. The average molecular weight is 467 g/mol. The first kappa shape index (κ1) is 27.1. The zero-order valence-corrected chi connectivity index (χ0v) is 24.5. The Labute approximate surface area is 195 Å². The molecule has 2 fully saturated rings. The van der Waals surface area contributed by atoms with Crippen LogP contribution in [-0.2, 0) is 8.85 Å². The van der Waals surface area contributed by atoms with Crippen LogP contribution in [0, 0.1) is 34.5 Å². The Morgan fingerprint density at radius 2 is 1.55 bits per heavy atom. The Kier molecular flexibility index (Phi) is 6.98. The highest BCUT2D eigenvalue weighted by Crippen LogP contribution is 2.70. The lowest BCUT2D eigenvalue weighted by atomic mass is 9.38. The second kappa shape index (κ2) is 7.98. The van der Waals surface area contributed by atoms with Crippen molar-refractivity contribution in [2.24, 2.45) is 22.2 Å². The van der Waals surface area contributed by atoms with Crippen molar-refractivity contribution >= 4 is 16.6 Å². The van der Waals surface area contributed by atoms with Crippen LogP contribution in [0.25, 0.3) is 0 Å². The summed E-state index contributed by atoms with van der Waals surface area (Å²) in [6.07, 6.45) is 10.2. The Morgan fingerprint density at radius 1 is 1.00 bits per heavy atom. The summed E-state index contributed by atoms with van der Waals surface area (Å²) in [7, 11) is -3.85. The van der Waals surface area contributed by atoms with E-state index in [0.29, 0.717) is 0 Å². The quantitative estimate of drug-likeness (QED) is 0.356. The summed E-state index contributed by atoms with van der Waals surface area (Å²) in [6.45, 7) is 28.0. The van der Waals surface area contributed by atoms with E-state index >= 15 is 0 Å². The summed E-state index contributed by atoms with van der Waals surface area (Å²) in [4.78, 5) is 0. The van der Waals surface area contributed by atoms with Crippen molar-refractivity contribution in [3.63, 3.8) is 0 Å². The number of terminal acetylenes is 1. The number of hydrogen-bond acceptors (Lipinski definition) is 3. The maximum atomic E-state index is 10.3. The molecular formula is C26H50O3Si2. The molecule has 0 saturated heterocycles. The van der Waals surface area contributed by atoms with Gasteiger partial charge < -0.3 is 14.0 Å². The predicted molar refractivity (Wildman–Crippen MR) is 137 cm³/mol. The minimum Gasteiger partial charge on any atom is -0.413 e. The second-order valence-corrected chi connectivity index (χ2v) is 23.0. The predicted octanol–water partition coefficient (Wildman–Crippen LogP) is 6.84. The highest BCUT2D eigenvalue weighted by Gasteiger charge is 2.72. The van der Waals surface area contributed by atoms with Gasteiger partial charge in [0.1, 0.15) is 0 Å². The van der Waals surface area contributed by atoms with Crippen LogP contribution in [0.2, 0.25) is 37.8 Å². The third kappa shape index (κ3) is 4.03. The van der Waals surface area contributed by atoms with Gasteiger partial charge in [-0.05, 0) is 76.3 Å². The molecule has 0 aliphatic heterocycles. The summed E-state index contributed by atoms with van der Waals surface area (Å²) in [5.74, 6) is 3.31. The van der Waals surface area contributed by atoms with Crippen molar-refractivity contribution in [1.29, 1.82) is 0 Å². The van der Waals surface area contributed by atoms with Crippen molar-refractivity contribution < 1.29 is 14.0 Å². The molecule has 0 bridgehead atoms. The van der Waals surface area contributed by atoms with E-state index in [-0.39, 0.29) is 40.1 Å². The summed E-state index contributed by atoms with van der Waals surface area (Å²) < 4.78 is 14.4. The van der Waals surface area contributed by atoms with Gasteiger partial charge in [-0.1, -0.05) is 47.5 Å². The van der Waals surface area contributed by atoms with Crippen LogP contribution in [0.15, 0.2) is 0 Å². The van der Waals surface area contributed by atoms with Gasteiger partial charge in [0.15, 0.2) is 16.6 Å². The molecule has 1 N–H and O–H groups in total. The molecule has 0 aromatic carbocycles. The molecule has 2 saturated carbocycles. The van der Waals surface area contributed by atoms with Crippen LogP contribution >= 0.6 is 0 Å². The van der Waals surface area contributed by atoms with Gasteiger partial charge >= 0.3 is 0 Å². The lowest BCUT2D eigenvalue weighted by Crippen LogP contribution is -2.75. The van der Waals surface area contributed by atoms with E-state index in [1.807, 2.05) is 0 Å². The van der Waals surface area contributed by atoms with Crippen LogP contribution in [0.1, 0.15) is 74.1 Å². The lowest BCUT2D eigenvalue weighted by Gasteiger charge is -2.72. The van der Waals surface area contributed by atoms with E-state index in [4.69, 9.17) is 15.3 Å². The summed E-state index contributed by atoms with van der Waals surface area (Å²) in [5.41, 5.74) is -1.20. The van der Waals surface area contributed by atoms with Gasteiger partial charge in [0.25, 0.3) is 0 Å². The maximum absolute atomic E-state index is 10.3. The van der Waals surface area contributed by atoms with Gasteiger partial charge in [-0.15, -0.1) is 6.42 Å². The van der Waals surface area contributed by atoms with Crippen LogP contribution in [0.5, 0.6) is 0 Å². The molecule has 5 atom stereocenters. The number of aliphatic hydroxyl groups excluding tert-OH is 1. The van der Waals surface area contributed by atoms with E-state index in [2.05, 4.69) is 87.1 Å². The standard InChI is InChI=1S/C26H50O3Si2/c1-14-24(7)20(19-27)15-18-26(29-30(9,10)11)23(5,6)21(16-17-25(24,26)8)28-31(12,13)22(2,3)4/h1,20-21,27H,15-19H2,2-13H3/t20-,21-,24-,25+,26+/m0/s1. The second-order valence-electron chi connectivity index (χ2n) is 13.8. The summed E-state index contributed by atoms with van der Waals surface area (Å²) >= 11 is 0. The third-order valence-electron chi connectivity index (χ3n) is 9.69. The zero-order valence-electron chi connectivity index (χ0n) is 22.5. The van der Waals surface area contributed by atoms with Crippen LogP contribution in [0.3, 0.4) is 0 Å². The first-order chi connectivity index (χ1) is 13.7. The molecule has 2 rings (SSSR count). The Balaban J connectivity index is 2.68. The summed E-state index contributed by atoms with van der Waals surface area (Å²) in [5, 5.41) is 10.4. The fourth-order valence-electron chi connectivity index (χ4n) is 6.46. The molecule has 2 aliphatic rings. The maximum Gasteiger partial charge on any atom is 0.192 e. The van der Waals surface area contributed by atoms with E-state index in [0.717, 1.165) is 25.7 Å². The smallest absolute Gasteiger partial charge is 0.192 e. The van der Waals surface area contributed by atoms with Crippen molar-refractivity contribution in [2.45, 2.75) is 124 Å². The van der Waals surface area contributed by atoms with Gasteiger partial charge in [0.2, 0.25) is 0 Å². The minimum atomic E-state index is -1.94. The van der Waals surface area contributed by atoms with E-state index in [1.54, 1.807) is 0 Å². The van der Waals surface area contributed by atoms with Gasteiger partial charge in [-0.3, -0.25) is 0 Å². The number of aliphatic hydroxyl groups is 1. The molecule has 0 amide bonds. The SMILES string of the molecule is C#C[C@@]1(C)[C@H](CO)CC[C@@]2(O[Si](C)(C)C)C(C)(C)[C@@H](O[Si](C)(C)C(C)(C)C)CC[C@]12C. The van der Waals surface area contributed by atoms with E-state index in [1.165, 1.54) is 0 Å². The summed E-state index contributed by atoms with van der Waals surface area (Å²) in [6, 6.07) is 0. The molecule has 0 aromatic heterocycles. The topological polar surface area (TPSA) is 38.7 Å². The molecule has 0 unspecified atom stereocenters. The molecular weight excluding hydrogens is 416 g/mol. The average Bonchev–Trinajstić information content (AvgIpc) is 2.59. The third-order valence-corrected chi connectivity index (χ3v) is 15.1. The molecule has 0 heterocycles. The molecule has 0 radical (unpaired) electrons. The van der Waals surface area contributed by atoms with E-state index < -0.39 is 22.0 Å². The molecule has 5 heteroatoms. The number of rotatable bonds is 5. The molecule has 3 nitrogen and oxygen atoms in total. The van der Waals surface area contributed by atoms with Gasteiger partial charge in [-0.25, -0.2) is 0 Å². The first-order valence-electron chi connectivity index (χ1n) is 12.2. The van der Waals surface area contributed by atoms with Crippen molar-refractivity contribution in [1.82, 2.24) is 0 Å². The lowest BCUT2D eigenvalue weighted by molar-refractivity contribution is -0.268. The van der Waals surface area contributed by atoms with Gasteiger partial charge in [0, 0.05) is 22.9 Å². The normalized spacial score (nSPS) is 39.0. The largest absolute Gasteiger partial charge is 0.413 e. The molecule has 0 aromatic rings. The Morgan fingerprint density at radius 3 is 1.97 bits per heavy atom.